The lowest BCUT2D eigenvalue weighted by molar-refractivity contribution is 0.0509. The molecule has 2 saturated heterocycles. The standard InChI is InChI=1S/C26H26N4O3/c31-26(28-22-14-27-11-10-19(22)16-4-2-1-3-5-16)18-6-8-21-20(12-18)25(30-29-21)17-7-9-23-24(13-17)33-15-32-23/h1-8,12-13,19,22-23,27H,9-11,14-15H2,(H,28,31)(H,29,30). The fraction of sp³-hybridized carbons (Fsp3) is 0.308. The van der Waals surface area contributed by atoms with E-state index in [9.17, 15) is 4.79 Å². The molecule has 2 aliphatic heterocycles. The molecule has 33 heavy (non-hydrogen) atoms. The third-order valence-corrected chi connectivity index (χ3v) is 6.79. The van der Waals surface area contributed by atoms with Gasteiger partial charge in [0.25, 0.3) is 5.91 Å². The minimum Gasteiger partial charge on any atom is -0.469 e. The summed E-state index contributed by atoms with van der Waals surface area (Å²) in [6, 6.07) is 16.2. The number of aromatic nitrogens is 2. The van der Waals surface area contributed by atoms with E-state index in [0.29, 0.717) is 18.3 Å². The van der Waals surface area contributed by atoms with Crippen molar-refractivity contribution in [1.29, 1.82) is 0 Å². The lowest BCUT2D eigenvalue weighted by Gasteiger charge is -2.33. The molecule has 0 bridgehead atoms. The highest BCUT2D eigenvalue weighted by atomic mass is 16.7. The molecule has 3 aliphatic rings. The highest BCUT2D eigenvalue weighted by molar-refractivity contribution is 6.01. The van der Waals surface area contributed by atoms with E-state index < -0.39 is 0 Å². The molecular weight excluding hydrogens is 416 g/mol. The third kappa shape index (κ3) is 3.83. The molecule has 7 heteroatoms. The van der Waals surface area contributed by atoms with Gasteiger partial charge in [0.1, 0.15) is 11.9 Å². The van der Waals surface area contributed by atoms with E-state index in [4.69, 9.17) is 9.47 Å². The molecule has 2 aromatic carbocycles. The molecule has 3 heterocycles. The molecular formula is C26H26N4O3. The van der Waals surface area contributed by atoms with Crippen LogP contribution >= 0.6 is 0 Å². The minimum absolute atomic E-state index is 0.00181. The topological polar surface area (TPSA) is 88.3 Å². The first-order chi connectivity index (χ1) is 16.3. The number of hydrogen-bond donors (Lipinski definition) is 3. The minimum atomic E-state index is -0.0674. The molecule has 2 fully saturated rings. The van der Waals surface area contributed by atoms with Crippen molar-refractivity contribution < 1.29 is 14.3 Å². The van der Waals surface area contributed by atoms with Gasteiger partial charge in [-0.15, -0.1) is 0 Å². The summed E-state index contributed by atoms with van der Waals surface area (Å²) in [6.07, 6.45) is 5.85. The molecule has 3 atom stereocenters. The Morgan fingerprint density at radius 1 is 1.15 bits per heavy atom. The summed E-state index contributed by atoms with van der Waals surface area (Å²) in [5, 5.41) is 15.2. The van der Waals surface area contributed by atoms with Crippen LogP contribution in [0, 0.1) is 0 Å². The van der Waals surface area contributed by atoms with Gasteiger partial charge in [0.15, 0.2) is 6.79 Å². The van der Waals surface area contributed by atoms with Crippen LogP contribution < -0.4 is 10.6 Å². The number of rotatable bonds is 4. The van der Waals surface area contributed by atoms with Gasteiger partial charge in [-0.05, 0) is 49.2 Å². The van der Waals surface area contributed by atoms with E-state index in [0.717, 1.165) is 53.9 Å². The zero-order valence-corrected chi connectivity index (χ0v) is 18.2. The van der Waals surface area contributed by atoms with Gasteiger partial charge in [-0.3, -0.25) is 9.89 Å². The number of amides is 1. The molecule has 6 rings (SSSR count). The summed E-state index contributed by atoms with van der Waals surface area (Å²) in [5.41, 5.74) is 4.60. The molecule has 3 N–H and O–H groups in total. The smallest absolute Gasteiger partial charge is 0.251 e. The van der Waals surface area contributed by atoms with Crippen LogP contribution in [0.4, 0.5) is 0 Å². The van der Waals surface area contributed by atoms with Crippen molar-refractivity contribution in [2.45, 2.75) is 30.9 Å². The number of H-pyrrole nitrogens is 1. The van der Waals surface area contributed by atoms with Crippen LogP contribution in [0.3, 0.4) is 0 Å². The van der Waals surface area contributed by atoms with Gasteiger partial charge in [-0.2, -0.15) is 5.10 Å². The van der Waals surface area contributed by atoms with Gasteiger partial charge in [-0.1, -0.05) is 36.4 Å². The van der Waals surface area contributed by atoms with Gasteiger partial charge in [0.05, 0.1) is 11.2 Å². The van der Waals surface area contributed by atoms with Crippen molar-refractivity contribution in [3.05, 3.63) is 83.3 Å². The average molecular weight is 443 g/mol. The first kappa shape index (κ1) is 20.2. The second-order valence-electron chi connectivity index (χ2n) is 8.78. The normalized spacial score (nSPS) is 24.5. The van der Waals surface area contributed by atoms with Crippen LogP contribution in [0.15, 0.2) is 66.4 Å². The number of carbonyl (C=O) groups is 1. The van der Waals surface area contributed by atoms with Crippen molar-refractivity contribution >= 4 is 22.4 Å². The quantitative estimate of drug-likeness (QED) is 0.576. The van der Waals surface area contributed by atoms with Gasteiger partial charge in [0.2, 0.25) is 0 Å². The Morgan fingerprint density at radius 2 is 2.06 bits per heavy atom. The second-order valence-corrected chi connectivity index (χ2v) is 8.78. The predicted molar refractivity (Wildman–Crippen MR) is 126 cm³/mol. The van der Waals surface area contributed by atoms with Crippen LogP contribution in [-0.4, -0.2) is 48.1 Å². The average Bonchev–Trinajstić information content (AvgIpc) is 3.51. The molecule has 3 unspecified atom stereocenters. The van der Waals surface area contributed by atoms with E-state index in [1.165, 1.54) is 5.56 Å². The Hall–Kier alpha value is -3.42. The van der Waals surface area contributed by atoms with Crippen molar-refractivity contribution in [3.8, 4) is 0 Å². The summed E-state index contributed by atoms with van der Waals surface area (Å²) in [6.45, 7) is 2.01. The molecule has 3 aromatic rings. The highest BCUT2D eigenvalue weighted by Crippen LogP contribution is 2.33. The summed E-state index contributed by atoms with van der Waals surface area (Å²) in [4.78, 5) is 13.3. The van der Waals surface area contributed by atoms with Crippen molar-refractivity contribution in [2.24, 2.45) is 0 Å². The van der Waals surface area contributed by atoms with Gasteiger partial charge < -0.3 is 20.1 Å². The SMILES string of the molecule is O=C(NC1CNCCC1c1ccccc1)c1ccc2[nH]nc(C3=CCC4OCOC4=C3)c2c1. The van der Waals surface area contributed by atoms with Crippen LogP contribution in [-0.2, 0) is 9.47 Å². The maximum atomic E-state index is 13.3. The van der Waals surface area contributed by atoms with Crippen LogP contribution in [0.1, 0.15) is 40.4 Å². The maximum absolute atomic E-state index is 13.3. The van der Waals surface area contributed by atoms with E-state index in [-0.39, 0.29) is 18.1 Å². The zero-order chi connectivity index (χ0) is 22.2. The molecule has 1 aliphatic carbocycles. The number of benzene rings is 2. The predicted octanol–water partition coefficient (Wildman–Crippen LogP) is 3.48. The molecule has 0 saturated carbocycles. The molecule has 0 radical (unpaired) electrons. The Kier molecular flexibility index (Phi) is 5.20. The van der Waals surface area contributed by atoms with Crippen LogP contribution in [0.2, 0.25) is 0 Å². The molecule has 1 amide bonds. The Bertz CT molecular complexity index is 1250. The van der Waals surface area contributed by atoms with Gasteiger partial charge in [-0.25, -0.2) is 0 Å². The molecule has 168 valence electrons. The summed E-state index contributed by atoms with van der Waals surface area (Å²) >= 11 is 0. The molecule has 0 spiro atoms. The monoisotopic (exact) mass is 442 g/mol. The number of nitrogens with one attached hydrogen (secondary N) is 3. The number of piperidine rings is 1. The van der Waals surface area contributed by atoms with E-state index >= 15 is 0 Å². The number of allylic oxidation sites excluding steroid dienone is 2. The van der Waals surface area contributed by atoms with Crippen LogP contribution in [0.25, 0.3) is 16.5 Å². The number of ether oxygens (including phenoxy) is 2. The summed E-state index contributed by atoms with van der Waals surface area (Å²) < 4.78 is 11.1. The molecule has 7 nitrogen and oxygen atoms in total. The summed E-state index contributed by atoms with van der Waals surface area (Å²) in [5.74, 6) is 1.07. The summed E-state index contributed by atoms with van der Waals surface area (Å²) in [7, 11) is 0. The van der Waals surface area contributed by atoms with Crippen molar-refractivity contribution in [1.82, 2.24) is 20.8 Å². The van der Waals surface area contributed by atoms with E-state index in [2.05, 4.69) is 51.2 Å². The fourth-order valence-electron chi connectivity index (χ4n) is 5.03. The highest BCUT2D eigenvalue weighted by Gasteiger charge is 2.29. The Balaban J connectivity index is 1.26. The number of nitrogens with zero attached hydrogens (tertiary/aromatic N) is 1. The first-order valence-corrected chi connectivity index (χ1v) is 11.5. The van der Waals surface area contributed by atoms with Crippen molar-refractivity contribution in [3.63, 3.8) is 0 Å². The third-order valence-electron chi connectivity index (χ3n) is 6.79. The van der Waals surface area contributed by atoms with Crippen LogP contribution in [0.5, 0.6) is 0 Å². The van der Waals surface area contributed by atoms with Crippen molar-refractivity contribution in [2.75, 3.05) is 19.9 Å². The number of fused-ring (bicyclic) bond motifs is 2. The second kappa shape index (κ2) is 8.50. The van der Waals surface area contributed by atoms with Gasteiger partial charge >= 0.3 is 0 Å². The number of aromatic amines is 1. The number of carbonyl (C=O) groups excluding carboxylic acids is 1. The Morgan fingerprint density at radius 3 is 2.97 bits per heavy atom. The lowest BCUT2D eigenvalue weighted by Crippen LogP contribution is -2.50. The number of hydrogen-bond acceptors (Lipinski definition) is 5. The first-order valence-electron chi connectivity index (χ1n) is 11.5. The fourth-order valence-corrected chi connectivity index (χ4v) is 5.03. The lowest BCUT2D eigenvalue weighted by atomic mass is 9.86. The van der Waals surface area contributed by atoms with Gasteiger partial charge in [0, 0.05) is 35.0 Å². The van der Waals surface area contributed by atoms with E-state index in [1.54, 1.807) is 0 Å². The van der Waals surface area contributed by atoms with E-state index in [1.807, 2.05) is 30.3 Å². The Labute approximate surface area is 191 Å². The zero-order valence-electron chi connectivity index (χ0n) is 18.2. The molecule has 1 aromatic heterocycles. The maximum Gasteiger partial charge on any atom is 0.251 e. The largest absolute Gasteiger partial charge is 0.469 e.